The van der Waals surface area contributed by atoms with Gasteiger partial charge in [-0.25, -0.2) is 4.39 Å². The van der Waals surface area contributed by atoms with E-state index in [0.717, 1.165) is 11.1 Å². The van der Waals surface area contributed by atoms with Gasteiger partial charge in [0, 0.05) is 22.9 Å². The van der Waals surface area contributed by atoms with Gasteiger partial charge in [-0.15, -0.1) is 0 Å². The number of Topliss-reactive ketones (excluding diaryl/α,β-unsaturated/α-hetero) is 1. The molecule has 0 aliphatic carbocycles. The summed E-state index contributed by atoms with van der Waals surface area (Å²) in [6, 6.07) is 16.8. The Morgan fingerprint density at radius 2 is 1.75 bits per heavy atom. The van der Waals surface area contributed by atoms with Gasteiger partial charge in [-0.2, -0.15) is 0 Å². The number of methoxy groups -OCH3 is 1. The Kier molecular flexibility index (Phi) is 5.53. The van der Waals surface area contributed by atoms with Crippen LogP contribution in [0.15, 0.2) is 72.3 Å². The van der Waals surface area contributed by atoms with Gasteiger partial charge >= 0.3 is 0 Å². The van der Waals surface area contributed by atoms with E-state index in [1.54, 1.807) is 43.3 Å². The summed E-state index contributed by atoms with van der Waals surface area (Å²) in [5.41, 5.74) is 2.35. The number of aliphatic hydroxyl groups excluding tert-OH is 1. The van der Waals surface area contributed by atoms with Crippen LogP contribution in [0.3, 0.4) is 0 Å². The van der Waals surface area contributed by atoms with Gasteiger partial charge in [0.2, 0.25) is 0 Å². The van der Waals surface area contributed by atoms with Crippen molar-refractivity contribution in [2.75, 3.05) is 12.0 Å². The van der Waals surface area contributed by atoms with Gasteiger partial charge in [0.1, 0.15) is 17.3 Å². The number of hydrogen-bond donors (Lipinski definition) is 1. The predicted molar refractivity (Wildman–Crippen MR) is 120 cm³/mol. The molecule has 0 radical (unpaired) electrons. The van der Waals surface area contributed by atoms with Crippen LogP contribution in [-0.2, 0) is 9.59 Å². The zero-order chi connectivity index (χ0) is 23.0. The van der Waals surface area contributed by atoms with E-state index in [4.69, 9.17) is 4.74 Å². The maximum absolute atomic E-state index is 14.9. The van der Waals surface area contributed by atoms with Gasteiger partial charge in [-0.3, -0.25) is 14.5 Å². The van der Waals surface area contributed by atoms with E-state index in [1.807, 2.05) is 19.1 Å². The standard InChI is InChI=1S/C26H22FNO4/c1-15-11-12-16(2)20(13-15)24(29)22-23(19-9-4-5-10-21(19)27)28(26(31)25(22)30)17-7-6-8-18(14-17)32-3/h4-14,23,29H,1-3H3/b24-22+. The van der Waals surface area contributed by atoms with Crippen molar-refractivity contribution in [1.29, 1.82) is 0 Å². The summed E-state index contributed by atoms with van der Waals surface area (Å²) in [6.07, 6.45) is 0. The average Bonchev–Trinajstić information content (AvgIpc) is 3.05. The fourth-order valence-electron chi connectivity index (χ4n) is 3.99. The number of halogens is 1. The number of ether oxygens (including phenoxy) is 1. The van der Waals surface area contributed by atoms with Crippen LogP contribution in [0.25, 0.3) is 5.76 Å². The van der Waals surface area contributed by atoms with Crippen molar-refractivity contribution in [2.45, 2.75) is 19.9 Å². The van der Waals surface area contributed by atoms with Gasteiger partial charge in [0.25, 0.3) is 11.7 Å². The van der Waals surface area contributed by atoms with Gasteiger partial charge in [-0.05, 0) is 43.7 Å². The molecule has 0 bridgehead atoms. The molecule has 0 spiro atoms. The quantitative estimate of drug-likeness (QED) is 0.356. The largest absolute Gasteiger partial charge is 0.507 e. The summed E-state index contributed by atoms with van der Waals surface area (Å²) in [4.78, 5) is 27.6. The smallest absolute Gasteiger partial charge is 0.300 e. The van der Waals surface area contributed by atoms with Gasteiger partial charge in [0.15, 0.2) is 0 Å². The maximum atomic E-state index is 14.9. The number of aliphatic hydroxyl groups is 1. The Balaban J connectivity index is 2.01. The SMILES string of the molecule is COc1cccc(N2C(=O)C(=O)/C(=C(/O)c3cc(C)ccc3C)C2c2ccccc2F)c1. The van der Waals surface area contributed by atoms with Gasteiger partial charge in [-0.1, -0.05) is 42.0 Å². The highest BCUT2D eigenvalue weighted by Crippen LogP contribution is 2.43. The second-order valence-corrected chi connectivity index (χ2v) is 7.71. The summed E-state index contributed by atoms with van der Waals surface area (Å²) >= 11 is 0. The van der Waals surface area contributed by atoms with Crippen molar-refractivity contribution in [2.24, 2.45) is 0 Å². The van der Waals surface area contributed by atoms with Crippen LogP contribution in [0.1, 0.15) is 28.3 Å². The first-order valence-electron chi connectivity index (χ1n) is 10.1. The van der Waals surface area contributed by atoms with Crippen molar-refractivity contribution in [3.63, 3.8) is 0 Å². The number of anilines is 1. The van der Waals surface area contributed by atoms with Crippen molar-refractivity contribution < 1.29 is 23.8 Å². The number of ketones is 1. The molecule has 1 unspecified atom stereocenters. The monoisotopic (exact) mass is 431 g/mol. The Morgan fingerprint density at radius 1 is 1.00 bits per heavy atom. The first kappa shape index (κ1) is 21.3. The average molecular weight is 431 g/mol. The number of rotatable bonds is 4. The van der Waals surface area contributed by atoms with E-state index in [1.165, 1.54) is 30.2 Å². The fourth-order valence-corrected chi connectivity index (χ4v) is 3.99. The first-order chi connectivity index (χ1) is 15.3. The summed E-state index contributed by atoms with van der Waals surface area (Å²) in [7, 11) is 1.49. The molecule has 6 heteroatoms. The fraction of sp³-hybridized carbons (Fsp3) is 0.154. The van der Waals surface area contributed by atoms with E-state index < -0.39 is 23.5 Å². The molecule has 1 saturated heterocycles. The van der Waals surface area contributed by atoms with Crippen molar-refractivity contribution >= 4 is 23.1 Å². The maximum Gasteiger partial charge on any atom is 0.300 e. The predicted octanol–water partition coefficient (Wildman–Crippen LogP) is 5.08. The molecule has 3 aromatic rings. The van der Waals surface area contributed by atoms with Crippen molar-refractivity contribution in [3.8, 4) is 5.75 Å². The zero-order valence-corrected chi connectivity index (χ0v) is 17.9. The number of aryl methyl sites for hydroxylation is 2. The lowest BCUT2D eigenvalue weighted by molar-refractivity contribution is -0.132. The minimum atomic E-state index is -1.14. The van der Waals surface area contributed by atoms with E-state index in [-0.39, 0.29) is 16.9 Å². The number of carbonyl (C=O) groups is 2. The molecule has 1 fully saturated rings. The third-order valence-corrected chi connectivity index (χ3v) is 5.62. The van der Waals surface area contributed by atoms with E-state index in [2.05, 4.69) is 0 Å². The Morgan fingerprint density at radius 3 is 2.47 bits per heavy atom. The van der Waals surface area contributed by atoms with Gasteiger partial charge in [0.05, 0.1) is 18.7 Å². The topological polar surface area (TPSA) is 66.8 Å². The Labute approximate surface area is 185 Å². The molecule has 0 saturated carbocycles. The highest BCUT2D eigenvalue weighted by Gasteiger charge is 2.48. The molecule has 5 nitrogen and oxygen atoms in total. The highest BCUT2D eigenvalue weighted by molar-refractivity contribution is 6.51. The van der Waals surface area contributed by atoms with Crippen LogP contribution in [-0.4, -0.2) is 23.9 Å². The van der Waals surface area contributed by atoms with Crippen LogP contribution >= 0.6 is 0 Å². The summed E-state index contributed by atoms with van der Waals surface area (Å²) < 4.78 is 20.2. The number of hydrogen-bond acceptors (Lipinski definition) is 4. The third-order valence-electron chi connectivity index (χ3n) is 5.62. The Hall–Kier alpha value is -3.93. The summed E-state index contributed by atoms with van der Waals surface area (Å²) in [6.45, 7) is 3.66. The second kappa shape index (κ2) is 8.30. The lowest BCUT2D eigenvalue weighted by Crippen LogP contribution is -2.29. The molecule has 3 aromatic carbocycles. The van der Waals surface area contributed by atoms with Crippen LogP contribution in [0.2, 0.25) is 0 Å². The second-order valence-electron chi connectivity index (χ2n) is 7.71. The molecule has 0 aromatic heterocycles. The number of benzene rings is 3. The molecule has 1 amide bonds. The van der Waals surface area contributed by atoms with E-state index in [9.17, 15) is 19.1 Å². The van der Waals surface area contributed by atoms with Gasteiger partial charge < -0.3 is 9.84 Å². The van der Waals surface area contributed by atoms with Crippen LogP contribution in [0, 0.1) is 19.7 Å². The minimum absolute atomic E-state index is 0.112. The van der Waals surface area contributed by atoms with Crippen LogP contribution in [0.5, 0.6) is 5.75 Å². The molecule has 162 valence electrons. The van der Waals surface area contributed by atoms with E-state index >= 15 is 0 Å². The number of carbonyl (C=O) groups excluding carboxylic acids is 2. The molecule has 1 aliphatic heterocycles. The lowest BCUT2D eigenvalue weighted by Gasteiger charge is -2.26. The lowest BCUT2D eigenvalue weighted by atomic mass is 9.93. The molecular weight excluding hydrogens is 409 g/mol. The van der Waals surface area contributed by atoms with Crippen molar-refractivity contribution in [3.05, 3.63) is 100 Å². The summed E-state index contributed by atoms with van der Waals surface area (Å²) in [5.74, 6) is -2.16. The minimum Gasteiger partial charge on any atom is -0.507 e. The zero-order valence-electron chi connectivity index (χ0n) is 17.9. The number of amides is 1. The molecule has 32 heavy (non-hydrogen) atoms. The molecule has 1 atom stereocenters. The third kappa shape index (κ3) is 3.54. The van der Waals surface area contributed by atoms with Crippen LogP contribution in [0.4, 0.5) is 10.1 Å². The normalized spacial score (nSPS) is 17.6. The molecule has 1 N–H and O–H groups in total. The summed E-state index contributed by atoms with van der Waals surface area (Å²) in [5, 5.41) is 11.2. The highest BCUT2D eigenvalue weighted by atomic mass is 19.1. The molecule has 1 aliphatic rings. The number of nitrogens with zero attached hydrogens (tertiary/aromatic N) is 1. The molecule has 1 heterocycles. The van der Waals surface area contributed by atoms with Crippen molar-refractivity contribution in [1.82, 2.24) is 0 Å². The van der Waals surface area contributed by atoms with Crippen LogP contribution < -0.4 is 9.64 Å². The first-order valence-corrected chi connectivity index (χ1v) is 10.1. The Bertz CT molecular complexity index is 1260. The van der Waals surface area contributed by atoms with E-state index in [0.29, 0.717) is 17.0 Å². The molecular formula is C26H22FNO4. The molecule has 4 rings (SSSR count).